The first kappa shape index (κ1) is 7.10. The number of thioether (sulfide) groups is 1. The number of fused-ring (bicyclic) bond motifs is 1. The molecule has 1 heterocycles. The van der Waals surface area contributed by atoms with Crippen molar-refractivity contribution in [1.29, 1.82) is 0 Å². The standard InChI is InChI=1S/C8H10O2S/c1-9-5-3-4-6-8(11-6)7(5)10-2/h3-4,6,8H,1-2H3. The lowest BCUT2D eigenvalue weighted by molar-refractivity contribution is 0.225. The quantitative estimate of drug-likeness (QED) is 0.586. The molecule has 0 aromatic carbocycles. The third-order valence-corrected chi connectivity index (χ3v) is 3.13. The van der Waals surface area contributed by atoms with E-state index in [2.05, 4.69) is 6.08 Å². The lowest BCUT2D eigenvalue weighted by Crippen LogP contribution is -2.07. The van der Waals surface area contributed by atoms with Gasteiger partial charge in [-0.25, -0.2) is 0 Å². The summed E-state index contributed by atoms with van der Waals surface area (Å²) in [7, 11) is 3.37. The van der Waals surface area contributed by atoms with Crippen molar-refractivity contribution in [3.05, 3.63) is 23.7 Å². The van der Waals surface area contributed by atoms with E-state index in [0.717, 1.165) is 11.5 Å². The van der Waals surface area contributed by atoms with Gasteiger partial charge in [-0.1, -0.05) is 6.08 Å². The maximum absolute atomic E-state index is 5.23. The summed E-state index contributed by atoms with van der Waals surface area (Å²) in [6.07, 6.45) is 4.15. The van der Waals surface area contributed by atoms with Gasteiger partial charge in [0.15, 0.2) is 11.5 Å². The Morgan fingerprint density at radius 2 is 2.18 bits per heavy atom. The number of methoxy groups -OCH3 is 2. The maximum atomic E-state index is 5.23. The van der Waals surface area contributed by atoms with Crippen LogP contribution in [0.3, 0.4) is 0 Å². The Balaban J connectivity index is 2.27. The Morgan fingerprint density at radius 3 is 2.82 bits per heavy atom. The second-order valence-corrected chi connectivity index (χ2v) is 3.84. The van der Waals surface area contributed by atoms with E-state index < -0.39 is 0 Å². The first-order chi connectivity index (χ1) is 5.36. The van der Waals surface area contributed by atoms with Crippen molar-refractivity contribution in [3.8, 4) is 0 Å². The Hall–Kier alpha value is -0.570. The summed E-state index contributed by atoms with van der Waals surface area (Å²) < 4.78 is 10.4. The molecule has 2 rings (SSSR count). The number of hydrogen-bond acceptors (Lipinski definition) is 3. The minimum absolute atomic E-state index is 0.528. The fourth-order valence-electron chi connectivity index (χ4n) is 1.27. The van der Waals surface area contributed by atoms with Crippen molar-refractivity contribution < 1.29 is 9.47 Å². The molecule has 1 saturated heterocycles. The van der Waals surface area contributed by atoms with Crippen LogP contribution in [0.1, 0.15) is 0 Å². The highest BCUT2D eigenvalue weighted by Gasteiger charge is 2.44. The highest BCUT2D eigenvalue weighted by Crippen LogP contribution is 2.50. The highest BCUT2D eigenvalue weighted by molar-refractivity contribution is 8.08. The second-order valence-electron chi connectivity index (χ2n) is 2.52. The molecule has 2 nitrogen and oxygen atoms in total. The zero-order valence-electron chi connectivity index (χ0n) is 6.53. The summed E-state index contributed by atoms with van der Waals surface area (Å²) in [5, 5.41) is 1.17. The van der Waals surface area contributed by atoms with Gasteiger partial charge >= 0.3 is 0 Å². The van der Waals surface area contributed by atoms with Crippen molar-refractivity contribution >= 4 is 11.8 Å². The molecule has 2 atom stereocenters. The molecular weight excluding hydrogens is 160 g/mol. The summed E-state index contributed by atoms with van der Waals surface area (Å²) >= 11 is 1.90. The second kappa shape index (κ2) is 2.48. The molecule has 0 saturated carbocycles. The number of ether oxygens (including phenoxy) is 2. The van der Waals surface area contributed by atoms with Crippen LogP contribution in [0.25, 0.3) is 0 Å². The number of rotatable bonds is 2. The molecular formula is C8H10O2S. The Labute approximate surface area is 70.3 Å². The van der Waals surface area contributed by atoms with Gasteiger partial charge in [0.05, 0.1) is 19.5 Å². The van der Waals surface area contributed by atoms with Gasteiger partial charge in [0.25, 0.3) is 0 Å². The molecule has 2 unspecified atom stereocenters. The van der Waals surface area contributed by atoms with E-state index in [1.807, 2.05) is 17.8 Å². The number of hydrogen-bond donors (Lipinski definition) is 0. The van der Waals surface area contributed by atoms with Crippen molar-refractivity contribution in [1.82, 2.24) is 0 Å². The van der Waals surface area contributed by atoms with Crippen LogP contribution in [-0.2, 0) is 9.47 Å². The Morgan fingerprint density at radius 1 is 1.36 bits per heavy atom. The summed E-state index contributed by atoms with van der Waals surface area (Å²) in [4.78, 5) is 0. The SMILES string of the molecule is COC1=C(OC)C2SC2C=C1. The van der Waals surface area contributed by atoms with Gasteiger partial charge in [0.1, 0.15) is 0 Å². The van der Waals surface area contributed by atoms with Crippen LogP contribution in [0.15, 0.2) is 23.7 Å². The zero-order valence-corrected chi connectivity index (χ0v) is 7.35. The van der Waals surface area contributed by atoms with Gasteiger partial charge in [0, 0.05) is 5.25 Å². The molecule has 1 fully saturated rings. The van der Waals surface area contributed by atoms with Crippen molar-refractivity contribution in [2.45, 2.75) is 10.5 Å². The van der Waals surface area contributed by atoms with Gasteiger partial charge in [0.2, 0.25) is 0 Å². The molecule has 0 aromatic rings. The summed E-state index contributed by atoms with van der Waals surface area (Å²) in [5.41, 5.74) is 0. The minimum Gasteiger partial charge on any atom is -0.496 e. The fraction of sp³-hybridized carbons (Fsp3) is 0.500. The molecule has 0 aromatic heterocycles. The molecule has 0 N–H and O–H groups in total. The van der Waals surface area contributed by atoms with Crippen molar-refractivity contribution in [2.75, 3.05) is 14.2 Å². The summed E-state index contributed by atoms with van der Waals surface area (Å²) in [6, 6.07) is 0. The molecule has 0 radical (unpaired) electrons. The molecule has 2 aliphatic rings. The largest absolute Gasteiger partial charge is 0.496 e. The van der Waals surface area contributed by atoms with Crippen molar-refractivity contribution in [3.63, 3.8) is 0 Å². The smallest absolute Gasteiger partial charge is 0.157 e. The maximum Gasteiger partial charge on any atom is 0.157 e. The van der Waals surface area contributed by atoms with Gasteiger partial charge in [-0.2, -0.15) is 0 Å². The molecule has 1 aliphatic carbocycles. The van der Waals surface area contributed by atoms with Crippen LogP contribution >= 0.6 is 11.8 Å². The average Bonchev–Trinajstić information content (AvgIpc) is 2.80. The Kier molecular flexibility index (Phi) is 1.60. The fourth-order valence-corrected chi connectivity index (χ4v) is 2.24. The van der Waals surface area contributed by atoms with Crippen LogP contribution in [0.4, 0.5) is 0 Å². The van der Waals surface area contributed by atoms with Crippen LogP contribution in [-0.4, -0.2) is 24.7 Å². The van der Waals surface area contributed by atoms with E-state index in [1.165, 1.54) is 0 Å². The lowest BCUT2D eigenvalue weighted by atomic mass is 10.1. The predicted molar refractivity (Wildman–Crippen MR) is 45.4 cm³/mol. The van der Waals surface area contributed by atoms with E-state index in [1.54, 1.807) is 14.2 Å². The molecule has 60 valence electrons. The van der Waals surface area contributed by atoms with Gasteiger partial charge in [-0.3, -0.25) is 0 Å². The lowest BCUT2D eigenvalue weighted by Gasteiger charge is -2.11. The monoisotopic (exact) mass is 170 g/mol. The predicted octanol–water partition coefficient (Wildman–Crippen LogP) is 1.54. The molecule has 0 spiro atoms. The van der Waals surface area contributed by atoms with Gasteiger partial charge < -0.3 is 9.47 Å². The third-order valence-electron chi connectivity index (χ3n) is 1.90. The van der Waals surface area contributed by atoms with Crippen LogP contribution in [0.2, 0.25) is 0 Å². The zero-order chi connectivity index (χ0) is 7.84. The van der Waals surface area contributed by atoms with Crippen LogP contribution < -0.4 is 0 Å². The van der Waals surface area contributed by atoms with Gasteiger partial charge in [-0.15, -0.1) is 11.8 Å². The molecule has 0 bridgehead atoms. The van der Waals surface area contributed by atoms with Crippen LogP contribution in [0.5, 0.6) is 0 Å². The first-order valence-corrected chi connectivity index (χ1v) is 4.47. The average molecular weight is 170 g/mol. The molecule has 1 aliphatic heterocycles. The molecule has 11 heavy (non-hydrogen) atoms. The summed E-state index contributed by atoms with van der Waals surface area (Å²) in [5.74, 6) is 1.86. The van der Waals surface area contributed by atoms with E-state index in [0.29, 0.717) is 10.5 Å². The molecule has 3 heteroatoms. The van der Waals surface area contributed by atoms with Crippen molar-refractivity contribution in [2.24, 2.45) is 0 Å². The number of allylic oxidation sites excluding steroid dienone is 1. The third kappa shape index (κ3) is 1.03. The topological polar surface area (TPSA) is 18.5 Å². The normalized spacial score (nSPS) is 33.3. The Bertz CT molecular complexity index is 232. The van der Waals surface area contributed by atoms with E-state index in [4.69, 9.17) is 9.47 Å². The minimum atomic E-state index is 0.528. The molecule has 0 amide bonds. The van der Waals surface area contributed by atoms with E-state index >= 15 is 0 Å². The first-order valence-electron chi connectivity index (χ1n) is 3.52. The van der Waals surface area contributed by atoms with Crippen LogP contribution in [0, 0.1) is 0 Å². The highest BCUT2D eigenvalue weighted by atomic mass is 32.2. The van der Waals surface area contributed by atoms with Gasteiger partial charge in [-0.05, 0) is 6.08 Å². The summed E-state index contributed by atoms with van der Waals surface area (Å²) in [6.45, 7) is 0. The van der Waals surface area contributed by atoms with E-state index in [9.17, 15) is 0 Å². The van der Waals surface area contributed by atoms with E-state index in [-0.39, 0.29) is 0 Å².